The molecular formula is C17H29N. The number of rotatable bonds is 8. The first-order valence-corrected chi connectivity index (χ1v) is 7.49. The Balaban J connectivity index is 2.42. The summed E-state index contributed by atoms with van der Waals surface area (Å²) in [7, 11) is 0. The van der Waals surface area contributed by atoms with Crippen LogP contribution >= 0.6 is 0 Å². The summed E-state index contributed by atoms with van der Waals surface area (Å²) >= 11 is 0. The fourth-order valence-electron chi connectivity index (χ4n) is 2.21. The van der Waals surface area contributed by atoms with Crippen molar-refractivity contribution < 1.29 is 0 Å². The van der Waals surface area contributed by atoms with Crippen molar-refractivity contribution in [2.24, 2.45) is 0 Å². The van der Waals surface area contributed by atoms with Crippen LogP contribution in [0.25, 0.3) is 0 Å². The molecular weight excluding hydrogens is 218 g/mol. The molecule has 0 fully saturated rings. The van der Waals surface area contributed by atoms with Gasteiger partial charge in [0.15, 0.2) is 0 Å². The zero-order valence-corrected chi connectivity index (χ0v) is 12.5. The van der Waals surface area contributed by atoms with Crippen molar-refractivity contribution in [1.29, 1.82) is 0 Å². The zero-order valence-electron chi connectivity index (χ0n) is 12.5. The van der Waals surface area contributed by atoms with E-state index < -0.39 is 0 Å². The summed E-state index contributed by atoms with van der Waals surface area (Å²) in [5, 5.41) is 3.62. The average Bonchev–Trinajstić information content (AvgIpc) is 2.39. The van der Waals surface area contributed by atoms with E-state index in [1.165, 1.54) is 36.8 Å². The van der Waals surface area contributed by atoms with Gasteiger partial charge in [-0.25, -0.2) is 0 Å². The van der Waals surface area contributed by atoms with E-state index in [1.807, 2.05) is 0 Å². The van der Waals surface area contributed by atoms with Crippen molar-refractivity contribution in [2.45, 2.75) is 65.3 Å². The van der Waals surface area contributed by atoms with E-state index >= 15 is 0 Å². The Morgan fingerprint density at radius 3 is 2.22 bits per heavy atom. The standard InChI is InChI=1S/C17H29N/c1-5-13-18-17(6-2)12-9-15-7-10-16(11-8-15)14(3)4/h7-8,10-11,14,17-18H,5-6,9,12-13H2,1-4H3. The first-order valence-electron chi connectivity index (χ1n) is 7.49. The Labute approximate surface area is 113 Å². The molecule has 0 amide bonds. The second-order valence-corrected chi connectivity index (χ2v) is 5.49. The number of nitrogens with one attached hydrogen (secondary N) is 1. The third kappa shape index (κ3) is 5.22. The Morgan fingerprint density at radius 2 is 1.72 bits per heavy atom. The molecule has 102 valence electrons. The minimum Gasteiger partial charge on any atom is -0.314 e. The van der Waals surface area contributed by atoms with Crippen molar-refractivity contribution >= 4 is 0 Å². The van der Waals surface area contributed by atoms with Crippen LogP contribution in [-0.4, -0.2) is 12.6 Å². The van der Waals surface area contributed by atoms with Gasteiger partial charge in [0.2, 0.25) is 0 Å². The van der Waals surface area contributed by atoms with Gasteiger partial charge in [0.25, 0.3) is 0 Å². The third-order valence-corrected chi connectivity index (χ3v) is 3.60. The summed E-state index contributed by atoms with van der Waals surface area (Å²) in [5.74, 6) is 0.633. The molecule has 0 saturated carbocycles. The van der Waals surface area contributed by atoms with Crippen molar-refractivity contribution in [1.82, 2.24) is 5.32 Å². The molecule has 1 unspecified atom stereocenters. The molecule has 0 aliphatic carbocycles. The second-order valence-electron chi connectivity index (χ2n) is 5.49. The van der Waals surface area contributed by atoms with Crippen LogP contribution in [0.4, 0.5) is 0 Å². The van der Waals surface area contributed by atoms with Gasteiger partial charge in [-0.15, -0.1) is 0 Å². The number of hydrogen-bond donors (Lipinski definition) is 1. The Bertz CT molecular complexity index is 313. The van der Waals surface area contributed by atoms with E-state index in [-0.39, 0.29) is 0 Å². The van der Waals surface area contributed by atoms with E-state index in [2.05, 4.69) is 57.3 Å². The van der Waals surface area contributed by atoms with Crippen molar-refractivity contribution in [3.63, 3.8) is 0 Å². The summed E-state index contributed by atoms with van der Waals surface area (Å²) < 4.78 is 0. The molecule has 0 heterocycles. The predicted molar refractivity (Wildman–Crippen MR) is 81.2 cm³/mol. The van der Waals surface area contributed by atoms with Crippen LogP contribution in [0.2, 0.25) is 0 Å². The van der Waals surface area contributed by atoms with E-state index in [4.69, 9.17) is 0 Å². The molecule has 0 bridgehead atoms. The van der Waals surface area contributed by atoms with Gasteiger partial charge in [0.05, 0.1) is 0 Å². The molecule has 1 aromatic rings. The van der Waals surface area contributed by atoms with E-state index in [9.17, 15) is 0 Å². The minimum absolute atomic E-state index is 0.633. The quantitative estimate of drug-likeness (QED) is 0.712. The largest absolute Gasteiger partial charge is 0.314 e. The van der Waals surface area contributed by atoms with Gasteiger partial charge < -0.3 is 5.32 Å². The molecule has 0 aromatic heterocycles. The van der Waals surface area contributed by atoms with Gasteiger partial charge >= 0.3 is 0 Å². The topological polar surface area (TPSA) is 12.0 Å². The molecule has 1 N–H and O–H groups in total. The lowest BCUT2D eigenvalue weighted by molar-refractivity contribution is 0.468. The highest BCUT2D eigenvalue weighted by Gasteiger charge is 2.05. The van der Waals surface area contributed by atoms with Gasteiger partial charge in [-0.05, 0) is 49.3 Å². The molecule has 0 aliphatic rings. The van der Waals surface area contributed by atoms with Gasteiger partial charge in [-0.3, -0.25) is 0 Å². The van der Waals surface area contributed by atoms with Crippen LogP contribution in [0.3, 0.4) is 0 Å². The smallest absolute Gasteiger partial charge is 0.00676 e. The fourth-order valence-corrected chi connectivity index (χ4v) is 2.21. The van der Waals surface area contributed by atoms with Crippen LogP contribution in [0, 0.1) is 0 Å². The maximum atomic E-state index is 3.62. The first-order chi connectivity index (χ1) is 8.67. The van der Waals surface area contributed by atoms with E-state index in [1.54, 1.807) is 0 Å². The lowest BCUT2D eigenvalue weighted by Gasteiger charge is -2.16. The molecule has 18 heavy (non-hydrogen) atoms. The molecule has 1 nitrogen and oxygen atoms in total. The molecule has 1 aromatic carbocycles. The second kappa shape index (κ2) is 8.31. The fraction of sp³-hybridized carbons (Fsp3) is 0.647. The van der Waals surface area contributed by atoms with Crippen LogP contribution in [0.1, 0.15) is 64.0 Å². The molecule has 0 saturated heterocycles. The van der Waals surface area contributed by atoms with Gasteiger partial charge in [0, 0.05) is 6.04 Å². The maximum Gasteiger partial charge on any atom is 0.00676 e. The minimum atomic E-state index is 0.633. The van der Waals surface area contributed by atoms with Crippen molar-refractivity contribution in [3.8, 4) is 0 Å². The van der Waals surface area contributed by atoms with Gasteiger partial charge in [0.1, 0.15) is 0 Å². The van der Waals surface area contributed by atoms with E-state index in [0.717, 1.165) is 6.54 Å². The maximum absolute atomic E-state index is 3.62. The van der Waals surface area contributed by atoms with Gasteiger partial charge in [-0.1, -0.05) is 52.0 Å². The number of aryl methyl sites for hydroxylation is 1. The number of benzene rings is 1. The lowest BCUT2D eigenvalue weighted by Crippen LogP contribution is -2.29. The van der Waals surface area contributed by atoms with Crippen molar-refractivity contribution in [2.75, 3.05) is 6.54 Å². The summed E-state index contributed by atoms with van der Waals surface area (Å²) in [6.45, 7) is 10.1. The third-order valence-electron chi connectivity index (χ3n) is 3.60. The normalized spacial score (nSPS) is 12.9. The SMILES string of the molecule is CCCNC(CC)CCc1ccc(C(C)C)cc1. The molecule has 0 aliphatic heterocycles. The highest BCUT2D eigenvalue weighted by Crippen LogP contribution is 2.16. The highest BCUT2D eigenvalue weighted by molar-refractivity contribution is 5.24. The molecule has 1 rings (SSSR count). The number of hydrogen-bond acceptors (Lipinski definition) is 1. The molecule has 1 heteroatoms. The molecule has 0 radical (unpaired) electrons. The highest BCUT2D eigenvalue weighted by atomic mass is 14.9. The van der Waals surface area contributed by atoms with Gasteiger partial charge in [-0.2, -0.15) is 0 Å². The van der Waals surface area contributed by atoms with Crippen LogP contribution < -0.4 is 5.32 Å². The zero-order chi connectivity index (χ0) is 13.4. The predicted octanol–water partition coefficient (Wildman–Crippen LogP) is 4.52. The monoisotopic (exact) mass is 247 g/mol. The first kappa shape index (κ1) is 15.2. The lowest BCUT2D eigenvalue weighted by atomic mass is 9.98. The Kier molecular flexibility index (Phi) is 7.04. The van der Waals surface area contributed by atoms with E-state index in [0.29, 0.717) is 12.0 Å². The van der Waals surface area contributed by atoms with Crippen molar-refractivity contribution in [3.05, 3.63) is 35.4 Å². The Morgan fingerprint density at radius 1 is 1.06 bits per heavy atom. The molecule has 0 spiro atoms. The Hall–Kier alpha value is -0.820. The average molecular weight is 247 g/mol. The summed E-state index contributed by atoms with van der Waals surface area (Å²) in [6.07, 6.45) is 4.88. The molecule has 1 atom stereocenters. The summed E-state index contributed by atoms with van der Waals surface area (Å²) in [4.78, 5) is 0. The van der Waals surface area contributed by atoms with Crippen LogP contribution in [-0.2, 0) is 6.42 Å². The summed E-state index contributed by atoms with van der Waals surface area (Å²) in [5.41, 5.74) is 2.91. The van der Waals surface area contributed by atoms with Crippen LogP contribution in [0.5, 0.6) is 0 Å². The van der Waals surface area contributed by atoms with Crippen LogP contribution in [0.15, 0.2) is 24.3 Å². The summed E-state index contributed by atoms with van der Waals surface area (Å²) in [6, 6.07) is 9.82.